The zero-order chi connectivity index (χ0) is 14.7. The van der Waals surface area contributed by atoms with E-state index in [1.807, 2.05) is 31.4 Å². The number of aryl methyl sites for hydroxylation is 2. The third-order valence-corrected chi connectivity index (χ3v) is 3.96. The van der Waals surface area contributed by atoms with Crippen molar-refractivity contribution in [3.63, 3.8) is 0 Å². The highest BCUT2D eigenvalue weighted by molar-refractivity contribution is 7.10. The maximum absolute atomic E-state index is 11.1. The molecule has 1 heterocycles. The van der Waals surface area contributed by atoms with Gasteiger partial charge in [0.25, 0.3) is 0 Å². The average Bonchev–Trinajstić information content (AvgIpc) is 2.79. The van der Waals surface area contributed by atoms with E-state index in [1.165, 1.54) is 6.92 Å². The maximum Gasteiger partial charge on any atom is 0.221 e. The fourth-order valence-electron chi connectivity index (χ4n) is 1.95. The Hall–Kier alpha value is -2.01. The molecule has 0 aliphatic heterocycles. The van der Waals surface area contributed by atoms with E-state index in [1.54, 1.807) is 17.4 Å². The number of amides is 1. The van der Waals surface area contributed by atoms with E-state index in [2.05, 4.69) is 10.6 Å². The SMILES string of the molecule is CC(=O)Nc1ccsc1CNc1cc(C)c(O)cc1C. The fraction of sp³-hybridized carbons (Fsp3) is 0.267. The first kappa shape index (κ1) is 14.4. The highest BCUT2D eigenvalue weighted by Crippen LogP contribution is 2.27. The van der Waals surface area contributed by atoms with E-state index in [0.29, 0.717) is 12.3 Å². The van der Waals surface area contributed by atoms with Gasteiger partial charge in [0.1, 0.15) is 5.75 Å². The predicted molar refractivity (Wildman–Crippen MR) is 83.5 cm³/mol. The van der Waals surface area contributed by atoms with Gasteiger partial charge in [-0.1, -0.05) is 0 Å². The van der Waals surface area contributed by atoms with Gasteiger partial charge in [0.2, 0.25) is 5.91 Å². The second-order valence-corrected chi connectivity index (χ2v) is 5.75. The molecule has 1 amide bonds. The van der Waals surface area contributed by atoms with E-state index in [9.17, 15) is 9.90 Å². The second-order valence-electron chi connectivity index (χ2n) is 4.75. The van der Waals surface area contributed by atoms with Crippen LogP contribution in [0, 0.1) is 13.8 Å². The minimum Gasteiger partial charge on any atom is -0.508 e. The molecule has 106 valence electrons. The number of phenolic OH excluding ortho intramolecular Hbond substituents is 1. The van der Waals surface area contributed by atoms with Crippen molar-refractivity contribution in [2.45, 2.75) is 27.3 Å². The molecule has 0 atom stereocenters. The van der Waals surface area contributed by atoms with Crippen LogP contribution in [0.25, 0.3) is 0 Å². The first-order chi connectivity index (χ1) is 9.47. The van der Waals surface area contributed by atoms with Crippen molar-refractivity contribution in [2.75, 3.05) is 10.6 Å². The summed E-state index contributed by atoms with van der Waals surface area (Å²) in [6.45, 7) is 5.96. The summed E-state index contributed by atoms with van der Waals surface area (Å²) in [7, 11) is 0. The summed E-state index contributed by atoms with van der Waals surface area (Å²) in [6, 6.07) is 5.58. The number of carbonyl (C=O) groups excluding carboxylic acids is 1. The Bertz CT molecular complexity index is 635. The minimum absolute atomic E-state index is 0.0682. The Labute approximate surface area is 122 Å². The molecular weight excluding hydrogens is 272 g/mol. The van der Waals surface area contributed by atoms with Crippen LogP contribution in [0.3, 0.4) is 0 Å². The van der Waals surface area contributed by atoms with Crippen molar-refractivity contribution in [3.8, 4) is 5.75 Å². The summed E-state index contributed by atoms with van der Waals surface area (Å²) in [4.78, 5) is 12.2. The van der Waals surface area contributed by atoms with Gasteiger partial charge in [-0.05, 0) is 48.6 Å². The van der Waals surface area contributed by atoms with Crippen LogP contribution in [-0.2, 0) is 11.3 Å². The van der Waals surface area contributed by atoms with Crippen LogP contribution in [-0.4, -0.2) is 11.0 Å². The molecule has 0 saturated carbocycles. The zero-order valence-corrected chi connectivity index (χ0v) is 12.6. The first-order valence-electron chi connectivity index (χ1n) is 6.35. The number of benzene rings is 1. The topological polar surface area (TPSA) is 61.4 Å². The molecule has 2 rings (SSSR count). The van der Waals surface area contributed by atoms with Gasteiger partial charge in [-0.3, -0.25) is 4.79 Å². The number of carbonyl (C=O) groups is 1. The number of hydrogen-bond donors (Lipinski definition) is 3. The number of phenols is 1. The summed E-state index contributed by atoms with van der Waals surface area (Å²) in [6.07, 6.45) is 0. The van der Waals surface area contributed by atoms with Crippen LogP contribution in [0.4, 0.5) is 11.4 Å². The van der Waals surface area contributed by atoms with Crippen LogP contribution in [0.15, 0.2) is 23.6 Å². The van der Waals surface area contributed by atoms with Crippen molar-refractivity contribution < 1.29 is 9.90 Å². The van der Waals surface area contributed by atoms with Crippen molar-refractivity contribution >= 4 is 28.6 Å². The van der Waals surface area contributed by atoms with Gasteiger partial charge in [-0.15, -0.1) is 11.3 Å². The van der Waals surface area contributed by atoms with Gasteiger partial charge < -0.3 is 15.7 Å². The Morgan fingerprint density at radius 1 is 1.25 bits per heavy atom. The van der Waals surface area contributed by atoms with E-state index in [4.69, 9.17) is 0 Å². The molecule has 5 heteroatoms. The summed E-state index contributed by atoms with van der Waals surface area (Å²) >= 11 is 1.60. The molecule has 0 aliphatic rings. The number of hydrogen-bond acceptors (Lipinski definition) is 4. The quantitative estimate of drug-likeness (QED) is 0.753. The number of anilines is 2. The second kappa shape index (κ2) is 5.96. The molecular formula is C15H18N2O2S. The van der Waals surface area contributed by atoms with E-state index >= 15 is 0 Å². The Kier molecular flexibility index (Phi) is 4.29. The van der Waals surface area contributed by atoms with Gasteiger partial charge in [-0.2, -0.15) is 0 Å². The molecule has 0 aliphatic carbocycles. The molecule has 1 aromatic heterocycles. The molecule has 4 nitrogen and oxygen atoms in total. The standard InChI is InChI=1S/C15H18N2O2S/c1-9-7-14(19)10(2)6-13(9)16-8-15-12(4-5-20-15)17-11(3)18/h4-7,16,19H,8H2,1-3H3,(H,17,18). The van der Waals surface area contributed by atoms with E-state index in [0.717, 1.165) is 27.4 Å². The van der Waals surface area contributed by atoms with Crippen molar-refractivity contribution in [3.05, 3.63) is 39.6 Å². The lowest BCUT2D eigenvalue weighted by Crippen LogP contribution is -2.08. The summed E-state index contributed by atoms with van der Waals surface area (Å²) < 4.78 is 0. The Balaban J connectivity index is 2.11. The number of aromatic hydroxyl groups is 1. The molecule has 3 N–H and O–H groups in total. The van der Waals surface area contributed by atoms with Gasteiger partial charge in [0, 0.05) is 17.5 Å². The monoisotopic (exact) mass is 290 g/mol. The average molecular weight is 290 g/mol. The summed E-state index contributed by atoms with van der Waals surface area (Å²) in [5.41, 5.74) is 3.67. The van der Waals surface area contributed by atoms with Crippen LogP contribution in [0.5, 0.6) is 5.75 Å². The predicted octanol–water partition coefficient (Wildman–Crippen LogP) is 3.64. The van der Waals surface area contributed by atoms with Gasteiger partial charge >= 0.3 is 0 Å². The van der Waals surface area contributed by atoms with Gasteiger partial charge in [-0.25, -0.2) is 0 Å². The lowest BCUT2D eigenvalue weighted by molar-refractivity contribution is -0.114. The van der Waals surface area contributed by atoms with Crippen molar-refractivity contribution in [2.24, 2.45) is 0 Å². The molecule has 0 bridgehead atoms. The van der Waals surface area contributed by atoms with Crippen molar-refractivity contribution in [1.82, 2.24) is 0 Å². The molecule has 20 heavy (non-hydrogen) atoms. The largest absolute Gasteiger partial charge is 0.508 e. The highest BCUT2D eigenvalue weighted by Gasteiger charge is 2.07. The van der Waals surface area contributed by atoms with Gasteiger partial charge in [0.05, 0.1) is 12.2 Å². The smallest absolute Gasteiger partial charge is 0.221 e. The van der Waals surface area contributed by atoms with Crippen LogP contribution >= 0.6 is 11.3 Å². The third kappa shape index (κ3) is 3.30. The summed E-state index contributed by atoms with van der Waals surface area (Å²) in [5, 5.41) is 17.8. The molecule has 0 radical (unpaired) electrons. The number of thiophene rings is 1. The molecule has 2 aromatic rings. The highest BCUT2D eigenvalue weighted by atomic mass is 32.1. The Morgan fingerprint density at radius 3 is 2.70 bits per heavy atom. The fourth-order valence-corrected chi connectivity index (χ4v) is 2.72. The molecule has 1 aromatic carbocycles. The van der Waals surface area contributed by atoms with Crippen LogP contribution < -0.4 is 10.6 Å². The zero-order valence-electron chi connectivity index (χ0n) is 11.8. The lowest BCUT2D eigenvalue weighted by Gasteiger charge is -2.12. The Morgan fingerprint density at radius 2 is 2.00 bits per heavy atom. The molecule has 0 spiro atoms. The molecule has 0 saturated heterocycles. The van der Waals surface area contributed by atoms with Crippen molar-refractivity contribution in [1.29, 1.82) is 0 Å². The maximum atomic E-state index is 11.1. The van der Waals surface area contributed by atoms with Crippen LogP contribution in [0.2, 0.25) is 0 Å². The van der Waals surface area contributed by atoms with E-state index < -0.39 is 0 Å². The number of rotatable bonds is 4. The van der Waals surface area contributed by atoms with E-state index in [-0.39, 0.29) is 5.91 Å². The lowest BCUT2D eigenvalue weighted by atomic mass is 10.1. The molecule has 0 fully saturated rings. The first-order valence-corrected chi connectivity index (χ1v) is 7.23. The van der Waals surface area contributed by atoms with Crippen LogP contribution in [0.1, 0.15) is 22.9 Å². The summed E-state index contributed by atoms with van der Waals surface area (Å²) in [5.74, 6) is 0.240. The van der Waals surface area contributed by atoms with Gasteiger partial charge in [0.15, 0.2) is 0 Å². The normalized spacial score (nSPS) is 10.3. The minimum atomic E-state index is -0.0682. The number of nitrogens with one attached hydrogen (secondary N) is 2. The third-order valence-electron chi connectivity index (χ3n) is 3.04. The molecule has 0 unspecified atom stereocenters.